The first-order valence-corrected chi connectivity index (χ1v) is 11.0. The minimum atomic E-state index is -0.139. The molecule has 1 aromatic carbocycles. The lowest BCUT2D eigenvalue weighted by Crippen LogP contribution is -2.48. The van der Waals surface area contributed by atoms with Crippen molar-refractivity contribution in [2.24, 2.45) is 5.92 Å². The van der Waals surface area contributed by atoms with Crippen molar-refractivity contribution in [3.63, 3.8) is 0 Å². The largest absolute Gasteiger partial charge is 0.353 e. The number of aryl methyl sites for hydroxylation is 1. The number of amides is 3. The van der Waals surface area contributed by atoms with Gasteiger partial charge in [0, 0.05) is 43.6 Å². The van der Waals surface area contributed by atoms with E-state index in [4.69, 9.17) is 0 Å². The molecule has 6 nitrogen and oxygen atoms in total. The molecule has 1 saturated carbocycles. The first kappa shape index (κ1) is 21.3. The smallest absolute Gasteiger partial charge is 0.251 e. The molecule has 1 aliphatic heterocycles. The van der Waals surface area contributed by atoms with Gasteiger partial charge in [0.1, 0.15) is 0 Å². The Morgan fingerprint density at radius 3 is 2.38 bits per heavy atom. The molecule has 0 aromatic heterocycles. The van der Waals surface area contributed by atoms with Crippen LogP contribution in [0, 0.1) is 12.8 Å². The van der Waals surface area contributed by atoms with Gasteiger partial charge in [0.2, 0.25) is 11.8 Å². The summed E-state index contributed by atoms with van der Waals surface area (Å²) >= 11 is 0. The standard InChI is InChI=1S/C23H33N3O3/c1-17-7-5-6-10-20(17)23(29)24-14-11-21(27)26-15-12-19(13-16-26)25-22(28)18-8-3-2-4-9-18/h5-7,10,18-19H,2-4,8-9,11-16H2,1H3,(H,24,29)(H,25,28). The fraction of sp³-hybridized carbons (Fsp3) is 0.609. The van der Waals surface area contributed by atoms with Crippen LogP contribution in [0.4, 0.5) is 0 Å². The van der Waals surface area contributed by atoms with Crippen LogP contribution in [0.2, 0.25) is 0 Å². The third-order valence-electron chi connectivity index (χ3n) is 6.18. The van der Waals surface area contributed by atoms with Crippen LogP contribution >= 0.6 is 0 Å². The second-order valence-electron chi connectivity index (χ2n) is 8.32. The Labute approximate surface area is 173 Å². The number of carbonyl (C=O) groups excluding carboxylic acids is 3. The van der Waals surface area contributed by atoms with Crippen molar-refractivity contribution < 1.29 is 14.4 Å². The lowest BCUT2D eigenvalue weighted by atomic mass is 9.88. The average Bonchev–Trinajstić information content (AvgIpc) is 2.75. The second kappa shape index (κ2) is 10.4. The minimum Gasteiger partial charge on any atom is -0.353 e. The van der Waals surface area contributed by atoms with Gasteiger partial charge < -0.3 is 15.5 Å². The van der Waals surface area contributed by atoms with E-state index in [0.29, 0.717) is 31.6 Å². The molecule has 0 spiro atoms. The maximum atomic E-state index is 12.4. The van der Waals surface area contributed by atoms with Gasteiger partial charge in [-0.3, -0.25) is 14.4 Å². The fourth-order valence-corrected chi connectivity index (χ4v) is 4.32. The van der Waals surface area contributed by atoms with Crippen LogP contribution in [0.1, 0.15) is 67.3 Å². The Hall–Kier alpha value is -2.37. The zero-order chi connectivity index (χ0) is 20.6. The molecular weight excluding hydrogens is 366 g/mol. The summed E-state index contributed by atoms with van der Waals surface area (Å²) in [5, 5.41) is 6.03. The van der Waals surface area contributed by atoms with Gasteiger partial charge in [-0.1, -0.05) is 37.5 Å². The van der Waals surface area contributed by atoms with Gasteiger partial charge in [-0.2, -0.15) is 0 Å². The lowest BCUT2D eigenvalue weighted by Gasteiger charge is -2.33. The van der Waals surface area contributed by atoms with Gasteiger partial charge in [0.15, 0.2) is 0 Å². The summed E-state index contributed by atoms with van der Waals surface area (Å²) in [6, 6.07) is 7.60. The van der Waals surface area contributed by atoms with Gasteiger partial charge in [0.05, 0.1) is 0 Å². The predicted molar refractivity (Wildman–Crippen MR) is 112 cm³/mol. The first-order valence-electron chi connectivity index (χ1n) is 11.0. The fourth-order valence-electron chi connectivity index (χ4n) is 4.32. The van der Waals surface area contributed by atoms with Crippen LogP contribution in [0.5, 0.6) is 0 Å². The molecular formula is C23H33N3O3. The number of carbonyl (C=O) groups is 3. The van der Waals surface area contributed by atoms with E-state index in [9.17, 15) is 14.4 Å². The zero-order valence-electron chi connectivity index (χ0n) is 17.4. The molecule has 1 saturated heterocycles. The van der Waals surface area contributed by atoms with E-state index in [1.807, 2.05) is 30.0 Å². The molecule has 0 unspecified atom stereocenters. The molecule has 158 valence electrons. The summed E-state index contributed by atoms with van der Waals surface area (Å²) in [5.41, 5.74) is 1.57. The quantitative estimate of drug-likeness (QED) is 0.772. The van der Waals surface area contributed by atoms with Crippen LogP contribution < -0.4 is 10.6 Å². The zero-order valence-corrected chi connectivity index (χ0v) is 17.4. The molecule has 29 heavy (non-hydrogen) atoms. The van der Waals surface area contributed by atoms with Crippen molar-refractivity contribution in [3.8, 4) is 0 Å². The Balaban J connectivity index is 1.35. The number of likely N-dealkylation sites (tertiary alicyclic amines) is 1. The molecule has 2 N–H and O–H groups in total. The van der Waals surface area contributed by atoms with E-state index >= 15 is 0 Å². The third kappa shape index (κ3) is 6.05. The maximum absolute atomic E-state index is 12.4. The van der Waals surface area contributed by atoms with Crippen LogP contribution in [0.25, 0.3) is 0 Å². The summed E-state index contributed by atoms with van der Waals surface area (Å²) in [6.07, 6.45) is 7.50. The molecule has 1 aliphatic carbocycles. The maximum Gasteiger partial charge on any atom is 0.251 e. The van der Waals surface area contributed by atoms with E-state index in [-0.39, 0.29) is 29.7 Å². The Morgan fingerprint density at radius 1 is 1.00 bits per heavy atom. The van der Waals surface area contributed by atoms with Crippen molar-refractivity contribution in [1.29, 1.82) is 0 Å². The molecule has 2 fully saturated rings. The third-order valence-corrected chi connectivity index (χ3v) is 6.18. The van der Waals surface area contributed by atoms with E-state index in [2.05, 4.69) is 10.6 Å². The van der Waals surface area contributed by atoms with E-state index in [0.717, 1.165) is 44.1 Å². The van der Waals surface area contributed by atoms with Crippen LogP contribution in [-0.2, 0) is 9.59 Å². The molecule has 1 aromatic rings. The monoisotopic (exact) mass is 399 g/mol. The molecule has 1 heterocycles. The molecule has 0 bridgehead atoms. The summed E-state index contributed by atoms with van der Waals surface area (Å²) < 4.78 is 0. The van der Waals surface area contributed by atoms with Gasteiger partial charge in [0.25, 0.3) is 5.91 Å². The summed E-state index contributed by atoms with van der Waals surface area (Å²) in [5.74, 6) is 0.306. The van der Waals surface area contributed by atoms with Gasteiger partial charge in [-0.05, 0) is 44.2 Å². The van der Waals surface area contributed by atoms with Crippen molar-refractivity contribution in [2.75, 3.05) is 19.6 Å². The summed E-state index contributed by atoms with van der Waals surface area (Å²) in [7, 11) is 0. The minimum absolute atomic E-state index is 0.0622. The number of benzene rings is 1. The van der Waals surface area contributed by atoms with Crippen LogP contribution in [0.15, 0.2) is 24.3 Å². The highest BCUT2D eigenvalue weighted by Crippen LogP contribution is 2.24. The highest BCUT2D eigenvalue weighted by atomic mass is 16.2. The Bertz CT molecular complexity index is 720. The highest BCUT2D eigenvalue weighted by Gasteiger charge is 2.27. The van der Waals surface area contributed by atoms with E-state index in [1.54, 1.807) is 6.07 Å². The first-order chi connectivity index (χ1) is 14.0. The number of nitrogens with one attached hydrogen (secondary N) is 2. The van der Waals surface area contributed by atoms with Crippen LogP contribution in [-0.4, -0.2) is 48.3 Å². The summed E-state index contributed by atoms with van der Waals surface area (Å²) in [6.45, 7) is 3.57. The van der Waals surface area contributed by atoms with Crippen molar-refractivity contribution in [3.05, 3.63) is 35.4 Å². The van der Waals surface area contributed by atoms with Gasteiger partial charge in [-0.15, -0.1) is 0 Å². The number of hydrogen-bond donors (Lipinski definition) is 2. The molecule has 2 aliphatic rings. The average molecular weight is 400 g/mol. The van der Waals surface area contributed by atoms with E-state index < -0.39 is 0 Å². The lowest BCUT2D eigenvalue weighted by molar-refractivity contribution is -0.132. The van der Waals surface area contributed by atoms with Crippen molar-refractivity contribution in [2.45, 2.75) is 64.3 Å². The molecule has 3 amide bonds. The van der Waals surface area contributed by atoms with E-state index in [1.165, 1.54) is 6.42 Å². The Morgan fingerprint density at radius 2 is 1.69 bits per heavy atom. The summed E-state index contributed by atoms with van der Waals surface area (Å²) in [4.78, 5) is 38.9. The number of rotatable bonds is 6. The molecule has 0 radical (unpaired) electrons. The Kier molecular flexibility index (Phi) is 7.67. The molecule has 3 rings (SSSR count). The number of hydrogen-bond acceptors (Lipinski definition) is 3. The van der Waals surface area contributed by atoms with Gasteiger partial charge in [-0.25, -0.2) is 0 Å². The molecule has 0 atom stereocenters. The SMILES string of the molecule is Cc1ccccc1C(=O)NCCC(=O)N1CCC(NC(=O)C2CCCCC2)CC1. The topological polar surface area (TPSA) is 78.5 Å². The number of piperidine rings is 1. The predicted octanol–water partition coefficient (Wildman–Crippen LogP) is 2.80. The highest BCUT2D eigenvalue weighted by molar-refractivity contribution is 5.95. The second-order valence-corrected chi connectivity index (χ2v) is 8.32. The van der Waals surface area contributed by atoms with Gasteiger partial charge >= 0.3 is 0 Å². The molecule has 6 heteroatoms. The van der Waals surface area contributed by atoms with Crippen molar-refractivity contribution in [1.82, 2.24) is 15.5 Å². The normalized spacial score (nSPS) is 18.3. The van der Waals surface area contributed by atoms with Crippen molar-refractivity contribution >= 4 is 17.7 Å². The van der Waals surface area contributed by atoms with Crippen LogP contribution in [0.3, 0.4) is 0 Å². The number of nitrogens with zero attached hydrogens (tertiary/aromatic N) is 1.